The second-order valence-corrected chi connectivity index (χ2v) is 5.22. The monoisotopic (exact) mass is 255 g/mol. The molecule has 0 atom stereocenters. The summed E-state index contributed by atoms with van der Waals surface area (Å²) >= 11 is 0. The Labute approximate surface area is 102 Å². The Morgan fingerprint density at radius 1 is 1.35 bits per heavy atom. The summed E-state index contributed by atoms with van der Waals surface area (Å²) in [4.78, 5) is 0.152. The Hall–Kier alpha value is -1.17. The average molecular weight is 255 g/mol. The van der Waals surface area contributed by atoms with E-state index in [0.29, 0.717) is 6.54 Å². The summed E-state index contributed by atoms with van der Waals surface area (Å²) in [6, 6.07) is 6.51. The Kier molecular flexibility index (Phi) is 5.34. The zero-order chi connectivity index (χ0) is 12.7. The maximum absolute atomic E-state index is 11.7. The van der Waals surface area contributed by atoms with E-state index in [1.165, 1.54) is 12.1 Å². The number of rotatable bonds is 7. The fourth-order valence-corrected chi connectivity index (χ4v) is 1.99. The van der Waals surface area contributed by atoms with Gasteiger partial charge in [0.25, 0.3) is 0 Å². The summed E-state index contributed by atoms with van der Waals surface area (Å²) in [6.07, 6.45) is 3.38. The quantitative estimate of drug-likeness (QED) is 0.461. The molecular weight excluding hydrogens is 238 g/mol. The smallest absolute Gasteiger partial charge is 0.192 e. The van der Waals surface area contributed by atoms with Gasteiger partial charge in [0.1, 0.15) is 0 Å². The van der Waals surface area contributed by atoms with E-state index >= 15 is 0 Å². The maximum atomic E-state index is 11.7. The Bertz CT molecular complexity index is 451. The van der Waals surface area contributed by atoms with Crippen molar-refractivity contribution in [1.29, 1.82) is 0 Å². The zero-order valence-electron chi connectivity index (χ0n) is 9.85. The highest BCUT2D eigenvalue weighted by Crippen LogP contribution is 2.11. The molecule has 0 spiro atoms. The molecule has 0 saturated carbocycles. The third kappa shape index (κ3) is 4.68. The lowest BCUT2D eigenvalue weighted by Gasteiger charge is -2.06. The molecule has 0 aromatic heterocycles. The van der Waals surface area contributed by atoms with Gasteiger partial charge in [-0.15, -0.1) is 6.58 Å². The van der Waals surface area contributed by atoms with Crippen LogP contribution in [-0.4, -0.2) is 15.0 Å². The molecule has 1 aromatic carbocycles. The first-order valence-electron chi connectivity index (χ1n) is 5.40. The standard InChI is InChI=1S/C12H17NO3S/c1-3-4-5-10-13-16-17(14,15)12-8-6-11(2)7-9-12/h3,6-9,13H,1,4-5,10H2,2H3. The summed E-state index contributed by atoms with van der Waals surface area (Å²) in [5.74, 6) is 0. The molecule has 0 unspecified atom stereocenters. The predicted octanol–water partition coefficient (Wildman–Crippen LogP) is 2.17. The first-order chi connectivity index (χ1) is 8.06. The van der Waals surface area contributed by atoms with E-state index < -0.39 is 10.1 Å². The summed E-state index contributed by atoms with van der Waals surface area (Å²) in [5.41, 5.74) is 3.44. The number of aryl methyl sites for hydroxylation is 1. The highest BCUT2D eigenvalue weighted by molar-refractivity contribution is 7.86. The fraction of sp³-hybridized carbons (Fsp3) is 0.333. The van der Waals surface area contributed by atoms with Crippen molar-refractivity contribution in [3.8, 4) is 0 Å². The van der Waals surface area contributed by atoms with Gasteiger partial charge in [-0.2, -0.15) is 18.2 Å². The van der Waals surface area contributed by atoms with E-state index in [-0.39, 0.29) is 4.90 Å². The molecule has 17 heavy (non-hydrogen) atoms. The largest absolute Gasteiger partial charge is 0.312 e. The predicted molar refractivity (Wildman–Crippen MR) is 66.9 cm³/mol. The van der Waals surface area contributed by atoms with Crippen LogP contribution in [0.1, 0.15) is 18.4 Å². The first kappa shape index (κ1) is 13.9. The van der Waals surface area contributed by atoms with Crippen molar-refractivity contribution < 1.29 is 12.7 Å². The van der Waals surface area contributed by atoms with Gasteiger partial charge in [0.2, 0.25) is 0 Å². The summed E-state index contributed by atoms with van der Waals surface area (Å²) in [5, 5.41) is 0. The Balaban J connectivity index is 2.51. The van der Waals surface area contributed by atoms with E-state index in [1.807, 2.05) is 6.92 Å². The Morgan fingerprint density at radius 3 is 2.59 bits per heavy atom. The van der Waals surface area contributed by atoms with E-state index in [4.69, 9.17) is 0 Å². The number of hydrogen-bond acceptors (Lipinski definition) is 4. The molecule has 0 bridgehead atoms. The van der Waals surface area contributed by atoms with Crippen molar-refractivity contribution in [2.45, 2.75) is 24.7 Å². The maximum Gasteiger partial charge on any atom is 0.312 e. The average Bonchev–Trinajstić information content (AvgIpc) is 2.29. The second kappa shape index (κ2) is 6.54. The van der Waals surface area contributed by atoms with Crippen LogP contribution in [-0.2, 0) is 14.4 Å². The molecule has 0 amide bonds. The van der Waals surface area contributed by atoms with Crippen LogP contribution in [0, 0.1) is 6.92 Å². The van der Waals surface area contributed by atoms with Gasteiger partial charge in [0.15, 0.2) is 0 Å². The minimum Gasteiger partial charge on any atom is -0.192 e. The van der Waals surface area contributed by atoms with Crippen molar-refractivity contribution in [2.75, 3.05) is 6.54 Å². The third-order valence-corrected chi connectivity index (χ3v) is 3.35. The van der Waals surface area contributed by atoms with Gasteiger partial charge < -0.3 is 0 Å². The molecular formula is C12H17NO3S. The van der Waals surface area contributed by atoms with Crippen LogP contribution in [0.2, 0.25) is 0 Å². The van der Waals surface area contributed by atoms with Crippen LogP contribution in [0.25, 0.3) is 0 Å². The van der Waals surface area contributed by atoms with Gasteiger partial charge in [0, 0.05) is 6.54 Å². The minimum atomic E-state index is -3.70. The molecule has 1 aromatic rings. The topological polar surface area (TPSA) is 55.4 Å². The molecule has 0 heterocycles. The molecule has 0 fully saturated rings. The number of unbranched alkanes of at least 4 members (excludes halogenated alkanes) is 1. The second-order valence-electron chi connectivity index (χ2n) is 3.68. The summed E-state index contributed by atoms with van der Waals surface area (Å²) in [6.45, 7) is 5.94. The van der Waals surface area contributed by atoms with Crippen LogP contribution in [0.4, 0.5) is 0 Å². The number of hydroxylamine groups is 1. The van der Waals surface area contributed by atoms with Crippen molar-refractivity contribution in [2.24, 2.45) is 0 Å². The lowest BCUT2D eigenvalue weighted by molar-refractivity contribution is 0.203. The van der Waals surface area contributed by atoms with Crippen LogP contribution in [0.3, 0.4) is 0 Å². The van der Waals surface area contributed by atoms with Gasteiger partial charge in [0.05, 0.1) is 4.90 Å². The van der Waals surface area contributed by atoms with Crippen LogP contribution < -0.4 is 5.48 Å². The fourth-order valence-electron chi connectivity index (χ4n) is 1.19. The molecule has 1 N–H and O–H groups in total. The number of nitrogens with one attached hydrogen (secondary N) is 1. The highest BCUT2D eigenvalue weighted by atomic mass is 32.2. The van der Waals surface area contributed by atoms with Crippen LogP contribution in [0.15, 0.2) is 41.8 Å². The molecule has 4 nitrogen and oxygen atoms in total. The van der Waals surface area contributed by atoms with E-state index in [9.17, 15) is 8.42 Å². The molecule has 0 aliphatic carbocycles. The van der Waals surface area contributed by atoms with Crippen molar-refractivity contribution in [3.63, 3.8) is 0 Å². The molecule has 1 rings (SSSR count). The van der Waals surface area contributed by atoms with Crippen LogP contribution >= 0.6 is 0 Å². The Morgan fingerprint density at radius 2 is 2.00 bits per heavy atom. The number of allylic oxidation sites excluding steroid dienone is 1. The molecule has 5 heteroatoms. The molecule has 0 aliphatic rings. The van der Waals surface area contributed by atoms with Crippen molar-refractivity contribution in [1.82, 2.24) is 5.48 Å². The summed E-state index contributed by atoms with van der Waals surface area (Å²) < 4.78 is 28.0. The van der Waals surface area contributed by atoms with E-state index in [0.717, 1.165) is 18.4 Å². The van der Waals surface area contributed by atoms with Gasteiger partial charge in [-0.05, 0) is 31.9 Å². The van der Waals surface area contributed by atoms with Gasteiger partial charge in [-0.3, -0.25) is 0 Å². The lowest BCUT2D eigenvalue weighted by atomic mass is 10.2. The molecule has 0 aliphatic heterocycles. The minimum absolute atomic E-state index is 0.152. The molecule has 0 radical (unpaired) electrons. The van der Waals surface area contributed by atoms with Gasteiger partial charge in [-0.25, -0.2) is 0 Å². The van der Waals surface area contributed by atoms with Crippen molar-refractivity contribution >= 4 is 10.1 Å². The van der Waals surface area contributed by atoms with Crippen LogP contribution in [0.5, 0.6) is 0 Å². The summed E-state index contributed by atoms with van der Waals surface area (Å²) in [7, 11) is -3.70. The zero-order valence-corrected chi connectivity index (χ0v) is 10.7. The third-order valence-electron chi connectivity index (χ3n) is 2.17. The first-order valence-corrected chi connectivity index (χ1v) is 6.81. The van der Waals surface area contributed by atoms with E-state index in [2.05, 4.69) is 16.3 Å². The number of hydrogen-bond donors (Lipinski definition) is 1. The van der Waals surface area contributed by atoms with Gasteiger partial charge in [-0.1, -0.05) is 23.8 Å². The lowest BCUT2D eigenvalue weighted by Crippen LogP contribution is -2.21. The van der Waals surface area contributed by atoms with Crippen molar-refractivity contribution in [3.05, 3.63) is 42.5 Å². The highest BCUT2D eigenvalue weighted by Gasteiger charge is 2.14. The van der Waals surface area contributed by atoms with Gasteiger partial charge >= 0.3 is 10.1 Å². The molecule has 0 saturated heterocycles. The van der Waals surface area contributed by atoms with E-state index in [1.54, 1.807) is 18.2 Å². The molecule has 94 valence electrons. The SMILES string of the molecule is C=CCCCNOS(=O)(=O)c1ccc(C)cc1. The normalized spacial score (nSPS) is 11.4. The number of benzene rings is 1.